The molecule has 2 rings (SSSR count). The number of nitrogens with two attached hydrogens (primary N) is 1. The highest BCUT2D eigenvalue weighted by Gasteiger charge is 2.26. The highest BCUT2D eigenvalue weighted by Crippen LogP contribution is 2.29. The minimum atomic E-state index is 0.582. The molecule has 0 spiro atoms. The normalized spacial score (nSPS) is 29.4. The van der Waals surface area contributed by atoms with E-state index in [4.69, 9.17) is 5.73 Å². The van der Waals surface area contributed by atoms with Gasteiger partial charge in [0.25, 0.3) is 0 Å². The van der Waals surface area contributed by atoms with Crippen molar-refractivity contribution in [3.8, 4) is 0 Å². The molecule has 0 bridgehead atoms. The lowest BCUT2D eigenvalue weighted by molar-refractivity contribution is 0.266. The van der Waals surface area contributed by atoms with Crippen LogP contribution in [0, 0.1) is 5.92 Å². The molecule has 2 aliphatic rings. The number of hydrogen-bond acceptors (Lipinski definition) is 3. The summed E-state index contributed by atoms with van der Waals surface area (Å²) < 4.78 is 0. The van der Waals surface area contributed by atoms with Crippen LogP contribution in [0.3, 0.4) is 0 Å². The number of nitrogens with zero attached hydrogens (tertiary/aromatic N) is 2. The second-order valence-electron chi connectivity index (χ2n) is 4.70. The summed E-state index contributed by atoms with van der Waals surface area (Å²) in [5.74, 6) is 1.66. The number of guanidine groups is 1. The number of rotatable bonds is 2. The van der Waals surface area contributed by atoms with E-state index in [0.717, 1.165) is 18.4 Å². The molecule has 14 heavy (non-hydrogen) atoms. The van der Waals surface area contributed by atoms with Gasteiger partial charge in [-0.3, -0.25) is 4.99 Å². The largest absolute Gasteiger partial charge is 0.370 e. The molecule has 0 radical (unpaired) electrons. The standard InChI is InChI=1S/C11H21N3/c1-14-10(8-13-11(14)12)7-9-5-3-2-4-6-9/h9-10H,2-8H2,1H3,(H2,12,13). The summed E-state index contributed by atoms with van der Waals surface area (Å²) in [7, 11) is 2.07. The Hall–Kier alpha value is -0.730. The summed E-state index contributed by atoms with van der Waals surface area (Å²) in [4.78, 5) is 6.43. The maximum atomic E-state index is 5.75. The maximum Gasteiger partial charge on any atom is 0.191 e. The number of likely N-dealkylation sites (N-methyl/N-ethyl adjacent to an activating group) is 1. The van der Waals surface area contributed by atoms with Crippen molar-refractivity contribution in [2.45, 2.75) is 44.6 Å². The fraction of sp³-hybridized carbons (Fsp3) is 0.909. The molecular weight excluding hydrogens is 174 g/mol. The first-order valence-electron chi connectivity index (χ1n) is 5.80. The fourth-order valence-electron chi connectivity index (χ4n) is 2.66. The van der Waals surface area contributed by atoms with Crippen molar-refractivity contribution in [2.24, 2.45) is 16.6 Å². The Morgan fingerprint density at radius 3 is 2.64 bits per heavy atom. The molecule has 0 aromatic rings. The molecule has 1 atom stereocenters. The van der Waals surface area contributed by atoms with Crippen LogP contribution in [0.4, 0.5) is 0 Å². The number of aliphatic imine (C=N–C) groups is 1. The van der Waals surface area contributed by atoms with Crippen molar-refractivity contribution in [3.05, 3.63) is 0 Å². The fourth-order valence-corrected chi connectivity index (χ4v) is 2.66. The summed E-state index contributed by atoms with van der Waals surface area (Å²) >= 11 is 0. The first kappa shape index (κ1) is 9.81. The van der Waals surface area contributed by atoms with Crippen LogP contribution in [-0.2, 0) is 0 Å². The van der Waals surface area contributed by atoms with E-state index in [1.165, 1.54) is 38.5 Å². The molecule has 0 aromatic carbocycles. The molecule has 0 aromatic heterocycles. The quantitative estimate of drug-likeness (QED) is 0.727. The molecule has 80 valence electrons. The van der Waals surface area contributed by atoms with Gasteiger partial charge in [-0.05, 0) is 12.3 Å². The van der Waals surface area contributed by atoms with Gasteiger partial charge in [0.1, 0.15) is 0 Å². The van der Waals surface area contributed by atoms with Crippen molar-refractivity contribution in [1.29, 1.82) is 0 Å². The average molecular weight is 195 g/mol. The zero-order chi connectivity index (χ0) is 9.97. The lowest BCUT2D eigenvalue weighted by atomic mass is 9.85. The topological polar surface area (TPSA) is 41.6 Å². The molecule has 1 aliphatic carbocycles. The van der Waals surface area contributed by atoms with E-state index in [1.807, 2.05) is 0 Å². The molecule has 1 heterocycles. The molecular formula is C11H21N3. The first-order valence-corrected chi connectivity index (χ1v) is 5.80. The van der Waals surface area contributed by atoms with E-state index in [0.29, 0.717) is 6.04 Å². The molecule has 0 amide bonds. The van der Waals surface area contributed by atoms with Crippen LogP contribution in [-0.4, -0.2) is 30.5 Å². The zero-order valence-electron chi connectivity index (χ0n) is 9.08. The van der Waals surface area contributed by atoms with Gasteiger partial charge < -0.3 is 10.6 Å². The van der Waals surface area contributed by atoms with E-state index in [-0.39, 0.29) is 0 Å². The minimum absolute atomic E-state index is 0.582. The molecule has 2 N–H and O–H groups in total. The maximum absolute atomic E-state index is 5.75. The molecule has 1 fully saturated rings. The third-order valence-corrected chi connectivity index (χ3v) is 3.70. The second-order valence-corrected chi connectivity index (χ2v) is 4.70. The van der Waals surface area contributed by atoms with Crippen molar-refractivity contribution >= 4 is 5.96 Å². The Bertz CT molecular complexity index is 219. The van der Waals surface area contributed by atoms with Crippen molar-refractivity contribution < 1.29 is 0 Å². The zero-order valence-corrected chi connectivity index (χ0v) is 9.08. The van der Waals surface area contributed by atoms with Gasteiger partial charge >= 0.3 is 0 Å². The van der Waals surface area contributed by atoms with Crippen LogP contribution in [0.25, 0.3) is 0 Å². The highest BCUT2D eigenvalue weighted by molar-refractivity contribution is 5.79. The predicted octanol–water partition coefficient (Wildman–Crippen LogP) is 1.59. The van der Waals surface area contributed by atoms with E-state index in [2.05, 4.69) is 16.9 Å². The molecule has 1 saturated carbocycles. The van der Waals surface area contributed by atoms with E-state index in [9.17, 15) is 0 Å². The molecule has 1 aliphatic heterocycles. The van der Waals surface area contributed by atoms with Crippen LogP contribution in [0.5, 0.6) is 0 Å². The Morgan fingerprint density at radius 2 is 2.07 bits per heavy atom. The van der Waals surface area contributed by atoms with Gasteiger partial charge in [0.15, 0.2) is 5.96 Å². The SMILES string of the molecule is CN1C(N)=NCC1CC1CCCCC1. The van der Waals surface area contributed by atoms with E-state index < -0.39 is 0 Å². The van der Waals surface area contributed by atoms with Crippen LogP contribution >= 0.6 is 0 Å². The van der Waals surface area contributed by atoms with Crippen LogP contribution in [0.15, 0.2) is 4.99 Å². The second kappa shape index (κ2) is 4.20. The van der Waals surface area contributed by atoms with Gasteiger partial charge in [-0.25, -0.2) is 0 Å². The minimum Gasteiger partial charge on any atom is -0.370 e. The van der Waals surface area contributed by atoms with Crippen molar-refractivity contribution in [3.63, 3.8) is 0 Å². The monoisotopic (exact) mass is 195 g/mol. The summed E-state index contributed by atoms with van der Waals surface area (Å²) in [6.07, 6.45) is 8.43. The Labute approximate surface area is 86.4 Å². The van der Waals surface area contributed by atoms with Gasteiger partial charge in [0.05, 0.1) is 12.6 Å². The number of hydrogen-bond donors (Lipinski definition) is 1. The van der Waals surface area contributed by atoms with Crippen LogP contribution in [0.1, 0.15) is 38.5 Å². The smallest absolute Gasteiger partial charge is 0.191 e. The molecule has 0 saturated heterocycles. The van der Waals surface area contributed by atoms with Crippen molar-refractivity contribution in [2.75, 3.05) is 13.6 Å². The Kier molecular flexibility index (Phi) is 2.94. The predicted molar refractivity (Wildman–Crippen MR) is 59.2 cm³/mol. The van der Waals surface area contributed by atoms with Gasteiger partial charge in [-0.15, -0.1) is 0 Å². The molecule has 3 heteroatoms. The van der Waals surface area contributed by atoms with Crippen LogP contribution in [0.2, 0.25) is 0 Å². The Balaban J connectivity index is 1.80. The van der Waals surface area contributed by atoms with E-state index in [1.54, 1.807) is 0 Å². The lowest BCUT2D eigenvalue weighted by Gasteiger charge is -2.28. The van der Waals surface area contributed by atoms with Gasteiger partial charge in [-0.1, -0.05) is 32.1 Å². The lowest BCUT2D eigenvalue weighted by Crippen LogP contribution is -2.38. The van der Waals surface area contributed by atoms with Gasteiger partial charge in [0.2, 0.25) is 0 Å². The third kappa shape index (κ3) is 2.02. The third-order valence-electron chi connectivity index (χ3n) is 3.70. The highest BCUT2D eigenvalue weighted by atomic mass is 15.3. The summed E-state index contributed by atoms with van der Waals surface area (Å²) in [6.45, 7) is 0.916. The summed E-state index contributed by atoms with van der Waals surface area (Å²) in [5.41, 5.74) is 5.75. The van der Waals surface area contributed by atoms with Gasteiger partial charge in [0, 0.05) is 7.05 Å². The van der Waals surface area contributed by atoms with Crippen LogP contribution < -0.4 is 5.73 Å². The first-order chi connectivity index (χ1) is 6.77. The average Bonchev–Trinajstić information content (AvgIpc) is 2.52. The van der Waals surface area contributed by atoms with Gasteiger partial charge in [-0.2, -0.15) is 0 Å². The molecule has 3 nitrogen and oxygen atoms in total. The summed E-state index contributed by atoms with van der Waals surface area (Å²) in [6, 6.07) is 0.582. The summed E-state index contributed by atoms with van der Waals surface area (Å²) in [5, 5.41) is 0. The molecule has 1 unspecified atom stereocenters. The Morgan fingerprint density at radius 1 is 1.36 bits per heavy atom. The van der Waals surface area contributed by atoms with Crippen molar-refractivity contribution in [1.82, 2.24) is 4.90 Å². The van der Waals surface area contributed by atoms with E-state index >= 15 is 0 Å².